The Morgan fingerprint density at radius 1 is 1.17 bits per heavy atom. The van der Waals surface area contributed by atoms with Crippen LogP contribution >= 0.6 is 0 Å². The molecule has 0 spiro atoms. The van der Waals surface area contributed by atoms with Crippen molar-refractivity contribution in [2.45, 2.75) is 51.6 Å². The summed E-state index contributed by atoms with van der Waals surface area (Å²) in [4.78, 5) is 23.9. The van der Waals surface area contributed by atoms with E-state index >= 15 is 0 Å². The van der Waals surface area contributed by atoms with Crippen LogP contribution in [0.5, 0.6) is 0 Å². The Balaban J connectivity index is 2.11. The molecule has 1 heterocycles. The maximum absolute atomic E-state index is 12.0. The number of hydrogen-bond acceptors (Lipinski definition) is 3. The van der Waals surface area contributed by atoms with Crippen molar-refractivity contribution in [2.24, 2.45) is 11.8 Å². The van der Waals surface area contributed by atoms with Crippen molar-refractivity contribution in [1.82, 2.24) is 0 Å². The van der Waals surface area contributed by atoms with Gasteiger partial charge in [-0.25, -0.2) is 0 Å². The average molecular weight is 314 g/mol. The fraction of sp³-hybridized carbons (Fsp3) is 0.500. The van der Waals surface area contributed by atoms with Gasteiger partial charge >= 0.3 is 5.97 Å². The van der Waals surface area contributed by atoms with Gasteiger partial charge in [0.05, 0.1) is 0 Å². The third-order valence-corrected chi connectivity index (χ3v) is 4.22. The number of esters is 1. The van der Waals surface area contributed by atoms with E-state index in [0.29, 0.717) is 12.8 Å². The van der Waals surface area contributed by atoms with Crippen molar-refractivity contribution in [1.29, 1.82) is 0 Å². The fourth-order valence-corrected chi connectivity index (χ4v) is 2.89. The predicted molar refractivity (Wildman–Crippen MR) is 91.8 cm³/mol. The molecule has 3 nitrogen and oxygen atoms in total. The molecule has 3 atom stereocenters. The van der Waals surface area contributed by atoms with Gasteiger partial charge in [-0.05, 0) is 37.8 Å². The lowest BCUT2D eigenvalue weighted by molar-refractivity contribution is -0.146. The van der Waals surface area contributed by atoms with E-state index in [1.807, 2.05) is 18.2 Å². The third-order valence-electron chi connectivity index (χ3n) is 4.22. The monoisotopic (exact) mass is 314 g/mol. The number of hydrogen-bond donors (Lipinski definition) is 0. The van der Waals surface area contributed by atoms with Crippen LogP contribution in [0.1, 0.15) is 45.4 Å². The predicted octanol–water partition coefficient (Wildman–Crippen LogP) is 4.31. The highest BCUT2D eigenvalue weighted by atomic mass is 16.5. The number of carbonyl (C=O) groups is 2. The molecule has 23 heavy (non-hydrogen) atoms. The Morgan fingerprint density at radius 3 is 2.87 bits per heavy atom. The molecule has 0 aromatic rings. The van der Waals surface area contributed by atoms with Crippen molar-refractivity contribution in [3.8, 4) is 0 Å². The third kappa shape index (κ3) is 5.66. The van der Waals surface area contributed by atoms with Crippen molar-refractivity contribution >= 4 is 11.8 Å². The summed E-state index contributed by atoms with van der Waals surface area (Å²) in [5, 5.41) is 0. The van der Waals surface area contributed by atoms with Crippen LogP contribution in [-0.2, 0) is 14.3 Å². The minimum absolute atomic E-state index is 0.00853. The summed E-state index contributed by atoms with van der Waals surface area (Å²) in [6.45, 7) is 2.08. The highest BCUT2D eigenvalue weighted by Gasteiger charge is 2.27. The summed E-state index contributed by atoms with van der Waals surface area (Å²) in [6.07, 6.45) is 20.1. The summed E-state index contributed by atoms with van der Waals surface area (Å²) in [5.74, 6) is 0.139. The second kappa shape index (κ2) is 9.29. The van der Waals surface area contributed by atoms with E-state index in [2.05, 4.69) is 31.2 Å². The zero-order valence-corrected chi connectivity index (χ0v) is 13.8. The number of ether oxygens (including phenoxy) is 1. The number of allylic oxidation sites excluding steroid dienone is 6. The minimum atomic E-state index is -0.247. The summed E-state index contributed by atoms with van der Waals surface area (Å²) in [6, 6.07) is 0. The van der Waals surface area contributed by atoms with E-state index in [1.54, 1.807) is 6.08 Å². The van der Waals surface area contributed by atoms with E-state index in [0.717, 1.165) is 25.7 Å². The second-order valence-corrected chi connectivity index (χ2v) is 6.07. The van der Waals surface area contributed by atoms with Gasteiger partial charge in [0.25, 0.3) is 0 Å². The van der Waals surface area contributed by atoms with Crippen molar-refractivity contribution in [3.05, 3.63) is 48.6 Å². The number of fused-ring (bicyclic) bond motifs is 1. The first-order valence-corrected chi connectivity index (χ1v) is 8.60. The number of ketones is 1. The van der Waals surface area contributed by atoms with Crippen LogP contribution in [-0.4, -0.2) is 17.9 Å². The molecular weight excluding hydrogens is 288 g/mol. The molecule has 0 N–H and O–H groups in total. The smallest absolute Gasteiger partial charge is 0.306 e. The van der Waals surface area contributed by atoms with Gasteiger partial charge in [-0.3, -0.25) is 9.59 Å². The molecule has 3 heteroatoms. The van der Waals surface area contributed by atoms with Crippen LogP contribution in [0, 0.1) is 11.8 Å². The van der Waals surface area contributed by atoms with Crippen LogP contribution in [0.3, 0.4) is 0 Å². The summed E-state index contributed by atoms with van der Waals surface area (Å²) in [7, 11) is 0. The lowest BCUT2D eigenvalue weighted by Gasteiger charge is -2.15. The molecule has 2 rings (SSSR count). The zero-order chi connectivity index (χ0) is 16.5. The molecule has 0 radical (unpaired) electrons. The molecule has 0 amide bonds. The Kier molecular flexibility index (Phi) is 7.05. The molecule has 124 valence electrons. The Morgan fingerprint density at radius 2 is 2.04 bits per heavy atom. The largest absolute Gasteiger partial charge is 0.458 e. The molecule has 0 unspecified atom stereocenters. The molecule has 0 saturated heterocycles. The van der Waals surface area contributed by atoms with E-state index < -0.39 is 0 Å². The van der Waals surface area contributed by atoms with Gasteiger partial charge in [0.15, 0.2) is 5.78 Å². The molecular formula is C20H26O3. The average Bonchev–Trinajstić information content (AvgIpc) is 2.88. The van der Waals surface area contributed by atoms with E-state index in [1.165, 1.54) is 0 Å². The highest BCUT2D eigenvalue weighted by molar-refractivity contribution is 5.95. The van der Waals surface area contributed by atoms with Gasteiger partial charge in [0.2, 0.25) is 0 Å². The van der Waals surface area contributed by atoms with Gasteiger partial charge in [-0.1, -0.05) is 43.4 Å². The SMILES string of the molecule is CC/C=C\C[C@H]1/C=C/[C@H]2C=CC(=O)[C@@H]2C/C=C\CCCC(=O)O1. The van der Waals surface area contributed by atoms with Gasteiger partial charge in [-0.15, -0.1) is 0 Å². The fourth-order valence-electron chi connectivity index (χ4n) is 2.89. The molecule has 0 bridgehead atoms. The molecule has 2 aliphatic rings. The first-order chi connectivity index (χ1) is 11.2. The molecule has 1 aliphatic carbocycles. The lowest BCUT2D eigenvalue weighted by atomic mass is 9.90. The standard InChI is InChI=1S/C20H26O3/c1-2-3-6-9-17-14-12-16-13-15-19(21)18(16)10-7-4-5-8-11-20(22)23-17/h3-4,6-7,12-18H,2,5,8-11H2,1H3/b6-3-,7-4-,14-12+/t16-,17-,18+/m0/s1. The van der Waals surface area contributed by atoms with E-state index in [9.17, 15) is 9.59 Å². The van der Waals surface area contributed by atoms with Crippen LogP contribution in [0.15, 0.2) is 48.6 Å². The van der Waals surface area contributed by atoms with Gasteiger partial charge < -0.3 is 4.74 Å². The summed E-state index contributed by atoms with van der Waals surface area (Å²) >= 11 is 0. The highest BCUT2D eigenvalue weighted by Crippen LogP contribution is 2.28. The number of cyclic esters (lactones) is 1. The lowest BCUT2D eigenvalue weighted by Crippen LogP contribution is -2.17. The van der Waals surface area contributed by atoms with Crippen molar-refractivity contribution in [2.75, 3.05) is 0 Å². The topological polar surface area (TPSA) is 43.4 Å². The first-order valence-electron chi connectivity index (χ1n) is 8.60. The number of rotatable bonds is 3. The quantitative estimate of drug-likeness (QED) is 0.576. The van der Waals surface area contributed by atoms with Crippen LogP contribution in [0.4, 0.5) is 0 Å². The van der Waals surface area contributed by atoms with Crippen LogP contribution in [0.25, 0.3) is 0 Å². The molecule has 0 saturated carbocycles. The molecule has 0 fully saturated rings. The van der Waals surface area contributed by atoms with Gasteiger partial charge in [0, 0.05) is 24.7 Å². The van der Waals surface area contributed by atoms with E-state index in [4.69, 9.17) is 4.74 Å². The normalized spacial score (nSPS) is 31.8. The maximum atomic E-state index is 12.0. The zero-order valence-electron chi connectivity index (χ0n) is 13.8. The van der Waals surface area contributed by atoms with E-state index in [-0.39, 0.29) is 29.7 Å². The van der Waals surface area contributed by atoms with Crippen LogP contribution < -0.4 is 0 Å². The molecule has 0 aromatic heterocycles. The summed E-state index contributed by atoms with van der Waals surface area (Å²) in [5.41, 5.74) is 0. The Hall–Kier alpha value is -1.90. The Labute approximate surface area is 138 Å². The van der Waals surface area contributed by atoms with Crippen LogP contribution in [0.2, 0.25) is 0 Å². The minimum Gasteiger partial charge on any atom is -0.458 e. The van der Waals surface area contributed by atoms with Crippen molar-refractivity contribution in [3.63, 3.8) is 0 Å². The van der Waals surface area contributed by atoms with Crippen molar-refractivity contribution < 1.29 is 14.3 Å². The first kappa shape index (κ1) is 17.5. The number of carbonyl (C=O) groups excluding carboxylic acids is 2. The molecule has 0 aromatic carbocycles. The van der Waals surface area contributed by atoms with Gasteiger partial charge in [-0.2, -0.15) is 0 Å². The van der Waals surface area contributed by atoms with Gasteiger partial charge in [0.1, 0.15) is 6.10 Å². The summed E-state index contributed by atoms with van der Waals surface area (Å²) < 4.78 is 5.58. The second-order valence-electron chi connectivity index (χ2n) is 6.07. The molecule has 1 aliphatic heterocycles. The Bertz CT molecular complexity index is 525. The maximum Gasteiger partial charge on any atom is 0.306 e.